The zero-order chi connectivity index (χ0) is 10.0. The standard InChI is InChI=1S/C12H24N2/c1-12(5-2-3-6-12)10-14-7-4-11(8-13)9-14/h11H,2-10,13H2,1H3. The molecule has 0 aromatic heterocycles. The van der Waals surface area contributed by atoms with Crippen LogP contribution in [0.5, 0.6) is 0 Å². The van der Waals surface area contributed by atoms with E-state index in [0.717, 1.165) is 12.5 Å². The summed E-state index contributed by atoms with van der Waals surface area (Å²) in [7, 11) is 0. The Bertz CT molecular complexity index is 185. The predicted octanol–water partition coefficient (Wildman–Crippen LogP) is 1.85. The van der Waals surface area contributed by atoms with Gasteiger partial charge in [-0.1, -0.05) is 19.8 Å². The van der Waals surface area contributed by atoms with Crippen LogP contribution in [0.25, 0.3) is 0 Å². The largest absolute Gasteiger partial charge is 0.330 e. The topological polar surface area (TPSA) is 29.3 Å². The summed E-state index contributed by atoms with van der Waals surface area (Å²) in [5, 5.41) is 0. The molecular formula is C12H24N2. The average molecular weight is 196 g/mol. The lowest BCUT2D eigenvalue weighted by atomic mass is 9.88. The number of nitrogens with zero attached hydrogens (tertiary/aromatic N) is 1. The zero-order valence-corrected chi connectivity index (χ0v) is 9.47. The fourth-order valence-electron chi connectivity index (χ4n) is 3.18. The van der Waals surface area contributed by atoms with Crippen molar-refractivity contribution in [2.24, 2.45) is 17.1 Å². The van der Waals surface area contributed by atoms with Gasteiger partial charge in [-0.25, -0.2) is 0 Å². The molecule has 1 aliphatic heterocycles. The van der Waals surface area contributed by atoms with Gasteiger partial charge < -0.3 is 10.6 Å². The third-order valence-corrected chi connectivity index (χ3v) is 4.12. The van der Waals surface area contributed by atoms with E-state index < -0.39 is 0 Å². The maximum absolute atomic E-state index is 5.71. The molecule has 2 fully saturated rings. The number of hydrogen-bond donors (Lipinski definition) is 1. The Morgan fingerprint density at radius 1 is 1.36 bits per heavy atom. The van der Waals surface area contributed by atoms with E-state index in [1.807, 2.05) is 0 Å². The lowest BCUT2D eigenvalue weighted by Crippen LogP contribution is -2.33. The molecule has 0 bridgehead atoms. The molecule has 2 N–H and O–H groups in total. The van der Waals surface area contributed by atoms with Crippen LogP contribution in [0.4, 0.5) is 0 Å². The Morgan fingerprint density at radius 2 is 2.07 bits per heavy atom. The van der Waals surface area contributed by atoms with Crippen LogP contribution in [0.3, 0.4) is 0 Å². The summed E-state index contributed by atoms with van der Waals surface area (Å²) < 4.78 is 0. The number of nitrogens with two attached hydrogens (primary N) is 1. The highest BCUT2D eigenvalue weighted by Gasteiger charge is 2.32. The Hall–Kier alpha value is -0.0800. The van der Waals surface area contributed by atoms with Gasteiger partial charge in [0.05, 0.1) is 0 Å². The molecule has 1 unspecified atom stereocenters. The first kappa shape index (κ1) is 10.4. The van der Waals surface area contributed by atoms with Gasteiger partial charge in [0, 0.05) is 13.1 Å². The highest BCUT2D eigenvalue weighted by atomic mass is 15.2. The van der Waals surface area contributed by atoms with Crippen molar-refractivity contribution >= 4 is 0 Å². The van der Waals surface area contributed by atoms with Crippen molar-refractivity contribution in [1.29, 1.82) is 0 Å². The van der Waals surface area contributed by atoms with Crippen molar-refractivity contribution in [3.05, 3.63) is 0 Å². The maximum Gasteiger partial charge on any atom is 0.00354 e. The van der Waals surface area contributed by atoms with Gasteiger partial charge >= 0.3 is 0 Å². The summed E-state index contributed by atoms with van der Waals surface area (Å²) >= 11 is 0. The minimum atomic E-state index is 0.628. The molecule has 2 heteroatoms. The van der Waals surface area contributed by atoms with E-state index in [2.05, 4.69) is 11.8 Å². The highest BCUT2D eigenvalue weighted by molar-refractivity contribution is 4.86. The molecule has 0 spiro atoms. The Kier molecular flexibility index (Phi) is 3.13. The lowest BCUT2D eigenvalue weighted by molar-refractivity contribution is 0.191. The second kappa shape index (κ2) is 4.19. The number of hydrogen-bond acceptors (Lipinski definition) is 2. The van der Waals surface area contributed by atoms with E-state index >= 15 is 0 Å². The Labute approximate surface area is 87.8 Å². The molecule has 0 radical (unpaired) electrons. The second-order valence-electron chi connectivity index (χ2n) is 5.64. The SMILES string of the molecule is CC1(CN2CCC(CN)C2)CCCC1. The quantitative estimate of drug-likeness (QED) is 0.746. The molecule has 1 saturated heterocycles. The number of rotatable bonds is 3. The maximum atomic E-state index is 5.71. The van der Waals surface area contributed by atoms with Gasteiger partial charge in [0.2, 0.25) is 0 Å². The molecule has 1 aliphatic carbocycles. The molecule has 2 nitrogen and oxygen atoms in total. The van der Waals surface area contributed by atoms with Gasteiger partial charge in [0.15, 0.2) is 0 Å². The summed E-state index contributed by atoms with van der Waals surface area (Å²) in [6, 6.07) is 0. The van der Waals surface area contributed by atoms with Crippen molar-refractivity contribution in [3.8, 4) is 0 Å². The molecule has 0 amide bonds. The first-order valence-electron chi connectivity index (χ1n) is 6.14. The summed E-state index contributed by atoms with van der Waals surface area (Å²) in [6.07, 6.45) is 7.11. The van der Waals surface area contributed by atoms with Crippen molar-refractivity contribution in [1.82, 2.24) is 4.90 Å². The van der Waals surface area contributed by atoms with E-state index in [0.29, 0.717) is 5.41 Å². The van der Waals surface area contributed by atoms with Gasteiger partial charge in [-0.15, -0.1) is 0 Å². The summed E-state index contributed by atoms with van der Waals surface area (Å²) in [4.78, 5) is 2.64. The van der Waals surface area contributed by atoms with Crippen LogP contribution in [0.1, 0.15) is 39.0 Å². The number of likely N-dealkylation sites (tertiary alicyclic amines) is 1. The van der Waals surface area contributed by atoms with Crippen molar-refractivity contribution in [3.63, 3.8) is 0 Å². The Balaban J connectivity index is 1.80. The Morgan fingerprint density at radius 3 is 2.64 bits per heavy atom. The zero-order valence-electron chi connectivity index (χ0n) is 9.47. The molecule has 2 rings (SSSR count). The molecule has 1 saturated carbocycles. The van der Waals surface area contributed by atoms with Crippen LogP contribution in [0.15, 0.2) is 0 Å². The minimum Gasteiger partial charge on any atom is -0.330 e. The molecule has 82 valence electrons. The second-order valence-corrected chi connectivity index (χ2v) is 5.64. The van der Waals surface area contributed by atoms with E-state index in [4.69, 9.17) is 5.73 Å². The molecule has 2 aliphatic rings. The van der Waals surface area contributed by atoms with Crippen LogP contribution in [-0.2, 0) is 0 Å². The van der Waals surface area contributed by atoms with Crippen molar-refractivity contribution in [2.45, 2.75) is 39.0 Å². The van der Waals surface area contributed by atoms with Crippen molar-refractivity contribution in [2.75, 3.05) is 26.2 Å². The van der Waals surface area contributed by atoms with Crippen LogP contribution >= 0.6 is 0 Å². The smallest absolute Gasteiger partial charge is 0.00354 e. The third-order valence-electron chi connectivity index (χ3n) is 4.12. The monoisotopic (exact) mass is 196 g/mol. The lowest BCUT2D eigenvalue weighted by Gasteiger charge is -2.29. The van der Waals surface area contributed by atoms with E-state index in [-0.39, 0.29) is 0 Å². The molecular weight excluding hydrogens is 172 g/mol. The van der Waals surface area contributed by atoms with Gasteiger partial charge in [-0.3, -0.25) is 0 Å². The van der Waals surface area contributed by atoms with Crippen LogP contribution < -0.4 is 5.73 Å². The highest BCUT2D eigenvalue weighted by Crippen LogP contribution is 2.38. The first-order chi connectivity index (χ1) is 6.72. The van der Waals surface area contributed by atoms with Crippen molar-refractivity contribution < 1.29 is 0 Å². The average Bonchev–Trinajstić information content (AvgIpc) is 2.75. The van der Waals surface area contributed by atoms with E-state index in [9.17, 15) is 0 Å². The summed E-state index contributed by atoms with van der Waals surface area (Å²) in [5.74, 6) is 0.778. The summed E-state index contributed by atoms with van der Waals surface area (Å²) in [6.45, 7) is 7.22. The molecule has 1 atom stereocenters. The fourth-order valence-corrected chi connectivity index (χ4v) is 3.18. The van der Waals surface area contributed by atoms with Gasteiger partial charge in [-0.05, 0) is 43.7 Å². The van der Waals surface area contributed by atoms with Crippen LogP contribution in [0.2, 0.25) is 0 Å². The van der Waals surface area contributed by atoms with Crippen LogP contribution in [-0.4, -0.2) is 31.1 Å². The molecule has 0 aromatic rings. The predicted molar refractivity (Wildman–Crippen MR) is 60.2 cm³/mol. The van der Waals surface area contributed by atoms with Gasteiger partial charge in [0.1, 0.15) is 0 Å². The fraction of sp³-hybridized carbons (Fsp3) is 1.00. The van der Waals surface area contributed by atoms with E-state index in [1.165, 1.54) is 51.7 Å². The summed E-state index contributed by atoms with van der Waals surface area (Å²) in [5.41, 5.74) is 6.34. The van der Waals surface area contributed by atoms with Gasteiger partial charge in [-0.2, -0.15) is 0 Å². The first-order valence-corrected chi connectivity index (χ1v) is 6.14. The minimum absolute atomic E-state index is 0.628. The molecule has 0 aromatic carbocycles. The molecule has 14 heavy (non-hydrogen) atoms. The third kappa shape index (κ3) is 2.29. The van der Waals surface area contributed by atoms with E-state index in [1.54, 1.807) is 0 Å². The molecule has 1 heterocycles. The van der Waals surface area contributed by atoms with Gasteiger partial charge in [0.25, 0.3) is 0 Å². The van der Waals surface area contributed by atoms with Crippen LogP contribution in [0, 0.1) is 11.3 Å². The normalized spacial score (nSPS) is 32.6.